The van der Waals surface area contributed by atoms with Gasteiger partial charge in [0.25, 0.3) is 0 Å². The van der Waals surface area contributed by atoms with Crippen LogP contribution in [-0.2, 0) is 0 Å². The quantitative estimate of drug-likeness (QED) is 0.619. The fourth-order valence-corrected chi connectivity index (χ4v) is 2.28. The number of nitrogens with zero attached hydrogens (tertiary/aromatic N) is 1. The maximum atomic E-state index is 5.75. The van der Waals surface area contributed by atoms with Gasteiger partial charge >= 0.3 is 0 Å². The predicted molar refractivity (Wildman–Crippen MR) is 94.8 cm³/mol. The van der Waals surface area contributed by atoms with E-state index in [1.165, 1.54) is 0 Å². The number of hydrogen-bond donors (Lipinski definition) is 0. The lowest BCUT2D eigenvalue weighted by Gasteiger charge is -2.08. The molecular formula is C18H20BrNO2. The van der Waals surface area contributed by atoms with Gasteiger partial charge < -0.3 is 9.47 Å². The summed E-state index contributed by atoms with van der Waals surface area (Å²) in [4.78, 5) is 4.51. The minimum absolute atomic E-state index is 0.665. The summed E-state index contributed by atoms with van der Waals surface area (Å²) in [6.45, 7) is 5.42. The van der Waals surface area contributed by atoms with Crippen molar-refractivity contribution in [3.05, 3.63) is 52.5 Å². The van der Waals surface area contributed by atoms with Gasteiger partial charge in [-0.25, -0.2) is 0 Å². The van der Waals surface area contributed by atoms with Crippen LogP contribution in [0.25, 0.3) is 0 Å². The largest absolute Gasteiger partial charge is 0.494 e. The van der Waals surface area contributed by atoms with Crippen LogP contribution in [0.3, 0.4) is 0 Å². The number of halogens is 1. The van der Waals surface area contributed by atoms with Gasteiger partial charge in [0.2, 0.25) is 0 Å². The highest BCUT2D eigenvalue weighted by atomic mass is 79.9. The molecule has 2 rings (SSSR count). The molecule has 2 aromatic carbocycles. The van der Waals surface area contributed by atoms with Crippen LogP contribution in [0, 0.1) is 0 Å². The smallest absolute Gasteiger partial charge is 0.128 e. The standard InChI is InChI=1S/C18H20BrNO2/c1-3-11-22-18-10-5-15(19)12-14(18)13-20-16-6-8-17(9-7-16)21-4-2/h5-10,12-13H,3-4,11H2,1-2H3. The van der Waals surface area contributed by atoms with Crippen molar-refractivity contribution in [1.29, 1.82) is 0 Å². The molecule has 4 heteroatoms. The van der Waals surface area contributed by atoms with Gasteiger partial charge in [-0.05, 0) is 55.8 Å². The molecule has 0 fully saturated rings. The Balaban J connectivity index is 2.15. The van der Waals surface area contributed by atoms with E-state index in [0.29, 0.717) is 13.2 Å². The minimum atomic E-state index is 0.665. The van der Waals surface area contributed by atoms with Crippen molar-refractivity contribution in [2.24, 2.45) is 4.99 Å². The molecule has 0 saturated heterocycles. The second kappa shape index (κ2) is 8.59. The van der Waals surface area contributed by atoms with Crippen LogP contribution in [-0.4, -0.2) is 19.4 Å². The number of rotatable bonds is 7. The number of hydrogen-bond acceptors (Lipinski definition) is 3. The molecule has 0 radical (unpaired) electrons. The molecular weight excluding hydrogens is 342 g/mol. The number of ether oxygens (including phenoxy) is 2. The van der Waals surface area contributed by atoms with Crippen LogP contribution in [0.5, 0.6) is 11.5 Å². The Kier molecular flexibility index (Phi) is 6.46. The van der Waals surface area contributed by atoms with E-state index >= 15 is 0 Å². The molecule has 0 aliphatic heterocycles. The molecule has 2 aromatic rings. The SMILES string of the molecule is CCCOc1ccc(Br)cc1C=Nc1ccc(OCC)cc1. The molecule has 116 valence electrons. The normalized spacial score (nSPS) is 10.9. The van der Waals surface area contributed by atoms with Gasteiger partial charge in [0, 0.05) is 16.3 Å². The third-order valence-corrected chi connectivity index (χ3v) is 3.43. The van der Waals surface area contributed by atoms with Gasteiger partial charge in [-0.3, -0.25) is 4.99 Å². The van der Waals surface area contributed by atoms with E-state index in [1.807, 2.05) is 55.6 Å². The fraction of sp³-hybridized carbons (Fsp3) is 0.278. The monoisotopic (exact) mass is 361 g/mol. The Bertz CT molecular complexity index is 623. The van der Waals surface area contributed by atoms with Crippen LogP contribution < -0.4 is 9.47 Å². The number of aliphatic imine (C=N–C) groups is 1. The van der Waals surface area contributed by atoms with Crippen LogP contribution in [0.2, 0.25) is 0 Å². The molecule has 0 unspecified atom stereocenters. The summed E-state index contributed by atoms with van der Waals surface area (Å²) in [7, 11) is 0. The molecule has 0 aliphatic carbocycles. The second-order valence-corrected chi connectivity index (χ2v) is 5.63. The zero-order valence-corrected chi connectivity index (χ0v) is 14.5. The molecule has 0 bridgehead atoms. The Labute approximate surface area is 140 Å². The topological polar surface area (TPSA) is 30.8 Å². The van der Waals surface area contributed by atoms with Gasteiger partial charge in [0.05, 0.1) is 18.9 Å². The van der Waals surface area contributed by atoms with E-state index < -0.39 is 0 Å². The molecule has 3 nitrogen and oxygen atoms in total. The Hall–Kier alpha value is -1.81. The van der Waals surface area contributed by atoms with Crippen molar-refractivity contribution in [2.45, 2.75) is 20.3 Å². The lowest BCUT2D eigenvalue weighted by Crippen LogP contribution is -1.98. The maximum absolute atomic E-state index is 5.75. The van der Waals surface area contributed by atoms with Crippen LogP contribution >= 0.6 is 15.9 Å². The van der Waals surface area contributed by atoms with Gasteiger partial charge in [-0.1, -0.05) is 22.9 Å². The van der Waals surface area contributed by atoms with E-state index in [2.05, 4.69) is 27.8 Å². The number of benzene rings is 2. The molecule has 0 heterocycles. The van der Waals surface area contributed by atoms with E-state index in [4.69, 9.17) is 9.47 Å². The summed E-state index contributed by atoms with van der Waals surface area (Å²) in [6, 6.07) is 13.6. The predicted octanol–water partition coefficient (Wildman–Crippen LogP) is 5.39. The van der Waals surface area contributed by atoms with E-state index in [0.717, 1.165) is 33.6 Å². The average Bonchev–Trinajstić information content (AvgIpc) is 2.53. The highest BCUT2D eigenvalue weighted by molar-refractivity contribution is 9.10. The fourth-order valence-electron chi connectivity index (χ4n) is 1.90. The summed E-state index contributed by atoms with van der Waals surface area (Å²) in [5.74, 6) is 1.70. The summed E-state index contributed by atoms with van der Waals surface area (Å²) in [5.41, 5.74) is 1.83. The van der Waals surface area contributed by atoms with Crippen molar-refractivity contribution in [3.8, 4) is 11.5 Å². The Morgan fingerprint density at radius 2 is 1.82 bits per heavy atom. The third kappa shape index (κ3) is 4.88. The van der Waals surface area contributed by atoms with Gasteiger partial charge in [-0.15, -0.1) is 0 Å². The summed E-state index contributed by atoms with van der Waals surface area (Å²) in [6.07, 6.45) is 2.80. The molecule has 0 amide bonds. The average molecular weight is 362 g/mol. The van der Waals surface area contributed by atoms with E-state index in [1.54, 1.807) is 0 Å². The van der Waals surface area contributed by atoms with Gasteiger partial charge in [0.15, 0.2) is 0 Å². The first-order chi connectivity index (χ1) is 10.7. The van der Waals surface area contributed by atoms with Crippen LogP contribution in [0.1, 0.15) is 25.8 Å². The van der Waals surface area contributed by atoms with Crippen molar-refractivity contribution < 1.29 is 9.47 Å². The Morgan fingerprint density at radius 1 is 1.05 bits per heavy atom. The van der Waals surface area contributed by atoms with E-state index in [9.17, 15) is 0 Å². The lowest BCUT2D eigenvalue weighted by molar-refractivity contribution is 0.317. The molecule has 0 N–H and O–H groups in total. The minimum Gasteiger partial charge on any atom is -0.494 e. The first-order valence-electron chi connectivity index (χ1n) is 7.42. The molecule has 0 saturated carbocycles. The molecule has 22 heavy (non-hydrogen) atoms. The lowest BCUT2D eigenvalue weighted by atomic mass is 10.2. The molecule has 0 atom stereocenters. The second-order valence-electron chi connectivity index (χ2n) is 4.72. The zero-order chi connectivity index (χ0) is 15.8. The Morgan fingerprint density at radius 3 is 2.50 bits per heavy atom. The maximum Gasteiger partial charge on any atom is 0.128 e. The molecule has 0 spiro atoms. The molecule has 0 aromatic heterocycles. The van der Waals surface area contributed by atoms with Gasteiger partial charge in [0.1, 0.15) is 11.5 Å². The van der Waals surface area contributed by atoms with Crippen molar-refractivity contribution in [1.82, 2.24) is 0 Å². The van der Waals surface area contributed by atoms with Crippen LogP contribution in [0.4, 0.5) is 5.69 Å². The molecule has 0 aliphatic rings. The summed E-state index contributed by atoms with van der Waals surface area (Å²) < 4.78 is 12.2. The van der Waals surface area contributed by atoms with Crippen molar-refractivity contribution in [3.63, 3.8) is 0 Å². The highest BCUT2D eigenvalue weighted by Gasteiger charge is 2.02. The first-order valence-corrected chi connectivity index (χ1v) is 8.21. The van der Waals surface area contributed by atoms with Crippen LogP contribution in [0.15, 0.2) is 51.9 Å². The summed E-state index contributed by atoms with van der Waals surface area (Å²) >= 11 is 3.48. The summed E-state index contributed by atoms with van der Waals surface area (Å²) in [5, 5.41) is 0. The van der Waals surface area contributed by atoms with Crippen molar-refractivity contribution in [2.75, 3.05) is 13.2 Å². The third-order valence-electron chi connectivity index (χ3n) is 2.93. The first kappa shape index (κ1) is 16.6. The zero-order valence-electron chi connectivity index (χ0n) is 12.9. The van der Waals surface area contributed by atoms with Crippen molar-refractivity contribution >= 4 is 27.8 Å². The highest BCUT2D eigenvalue weighted by Crippen LogP contribution is 2.23. The van der Waals surface area contributed by atoms with Gasteiger partial charge in [-0.2, -0.15) is 0 Å². The van der Waals surface area contributed by atoms with E-state index in [-0.39, 0.29) is 0 Å².